The molecule has 2 saturated heterocycles. The molecule has 2 atom stereocenters. The summed E-state index contributed by atoms with van der Waals surface area (Å²) in [6.45, 7) is 6.19. The molecule has 1 aromatic rings. The Morgan fingerprint density at radius 2 is 1.85 bits per heavy atom. The lowest BCUT2D eigenvalue weighted by molar-refractivity contribution is -0.139. The first-order chi connectivity index (χ1) is 11.7. The summed E-state index contributed by atoms with van der Waals surface area (Å²) in [5, 5.41) is 3.34. The van der Waals surface area contributed by atoms with E-state index in [1.807, 2.05) is 17.9 Å². The van der Waals surface area contributed by atoms with E-state index in [2.05, 4.69) is 10.2 Å². The third kappa shape index (κ3) is 5.56. The summed E-state index contributed by atoms with van der Waals surface area (Å²) >= 11 is 0. The fourth-order valence-electron chi connectivity index (χ4n) is 3.86. The molecule has 2 aliphatic rings. The molecule has 2 fully saturated rings. The third-order valence-corrected chi connectivity index (χ3v) is 5.31. The van der Waals surface area contributed by atoms with Crippen molar-refractivity contribution in [3.8, 4) is 0 Å². The highest BCUT2D eigenvalue weighted by Crippen LogP contribution is 2.25. The number of nitrogens with one attached hydrogen (secondary N) is 1. The van der Waals surface area contributed by atoms with Crippen LogP contribution in [0.15, 0.2) is 24.3 Å². The van der Waals surface area contributed by atoms with Gasteiger partial charge in [-0.1, -0.05) is 25.0 Å². The summed E-state index contributed by atoms with van der Waals surface area (Å²) in [7, 11) is 0. The maximum absolute atomic E-state index is 13.6. The van der Waals surface area contributed by atoms with Gasteiger partial charge in [0.05, 0.1) is 12.1 Å². The van der Waals surface area contributed by atoms with Gasteiger partial charge in [0.2, 0.25) is 5.91 Å². The summed E-state index contributed by atoms with van der Waals surface area (Å²) in [6.07, 6.45) is 4.87. The van der Waals surface area contributed by atoms with Crippen LogP contribution in [-0.2, 0) is 4.79 Å². The molecule has 1 N–H and O–H groups in total. The van der Waals surface area contributed by atoms with E-state index in [9.17, 15) is 9.18 Å². The Balaban J connectivity index is 0.00000169. The van der Waals surface area contributed by atoms with Gasteiger partial charge >= 0.3 is 0 Å². The zero-order chi connectivity index (χ0) is 16.9. The van der Waals surface area contributed by atoms with Crippen LogP contribution in [0, 0.1) is 5.82 Å². The van der Waals surface area contributed by atoms with Gasteiger partial charge in [-0.3, -0.25) is 9.69 Å². The molecule has 0 bridgehead atoms. The molecule has 4 nitrogen and oxygen atoms in total. The number of benzene rings is 1. The summed E-state index contributed by atoms with van der Waals surface area (Å²) in [6, 6.07) is 6.45. The fourth-order valence-corrected chi connectivity index (χ4v) is 3.86. The third-order valence-electron chi connectivity index (χ3n) is 5.31. The summed E-state index contributed by atoms with van der Waals surface area (Å²) < 4.78 is 13.6. The van der Waals surface area contributed by atoms with Gasteiger partial charge < -0.3 is 10.2 Å². The number of carbonyl (C=O) groups is 1. The highest BCUT2D eigenvalue weighted by atomic mass is 35.5. The van der Waals surface area contributed by atoms with E-state index in [0.29, 0.717) is 13.1 Å². The number of likely N-dealkylation sites (tertiary alicyclic amines) is 1. The van der Waals surface area contributed by atoms with Gasteiger partial charge in [0, 0.05) is 19.6 Å². The predicted molar refractivity (Wildman–Crippen MR) is 108 cm³/mol. The zero-order valence-corrected chi connectivity index (χ0v) is 17.0. The molecule has 0 saturated carbocycles. The van der Waals surface area contributed by atoms with E-state index in [0.717, 1.165) is 25.2 Å². The normalized spacial score (nSPS) is 22.5. The van der Waals surface area contributed by atoms with Crippen molar-refractivity contribution in [2.24, 2.45) is 0 Å². The Morgan fingerprint density at radius 1 is 1.15 bits per heavy atom. The molecule has 0 radical (unpaired) electrons. The van der Waals surface area contributed by atoms with Crippen molar-refractivity contribution in [3.63, 3.8) is 0 Å². The lowest BCUT2D eigenvalue weighted by Gasteiger charge is -2.40. The summed E-state index contributed by atoms with van der Waals surface area (Å²) in [5.74, 6) is -0.0706. The highest BCUT2D eigenvalue weighted by Gasteiger charge is 2.33. The standard InChI is InChI=1S/C19H28FN3O.2ClH/c1-15(22-10-4-2-3-5-11-22)19(24)23-12-9-21-14-18(23)16-7-6-8-17(20)13-16;;/h6-8,13,15,18,21H,2-5,9-12,14H2,1H3;2*1H. The second-order valence-corrected chi connectivity index (χ2v) is 6.93. The van der Waals surface area contributed by atoms with E-state index in [1.54, 1.807) is 12.1 Å². The largest absolute Gasteiger partial charge is 0.332 e. The number of hydrogen-bond acceptors (Lipinski definition) is 3. The monoisotopic (exact) mass is 405 g/mol. The molecule has 26 heavy (non-hydrogen) atoms. The van der Waals surface area contributed by atoms with Crippen LogP contribution in [0.4, 0.5) is 4.39 Å². The van der Waals surface area contributed by atoms with Gasteiger partial charge in [0.15, 0.2) is 0 Å². The van der Waals surface area contributed by atoms with Gasteiger partial charge in [0.1, 0.15) is 5.82 Å². The smallest absolute Gasteiger partial charge is 0.240 e. The number of carbonyl (C=O) groups excluding carboxylic acids is 1. The van der Waals surface area contributed by atoms with Gasteiger partial charge in [0.25, 0.3) is 0 Å². The molecule has 2 aliphatic heterocycles. The number of halogens is 3. The maximum Gasteiger partial charge on any atom is 0.240 e. The van der Waals surface area contributed by atoms with Gasteiger partial charge in [-0.05, 0) is 50.6 Å². The zero-order valence-electron chi connectivity index (χ0n) is 15.3. The number of rotatable bonds is 3. The van der Waals surface area contributed by atoms with Gasteiger partial charge in [-0.25, -0.2) is 4.39 Å². The van der Waals surface area contributed by atoms with E-state index < -0.39 is 0 Å². The highest BCUT2D eigenvalue weighted by molar-refractivity contribution is 5.85. The molecule has 0 spiro atoms. The van der Waals surface area contributed by atoms with Crippen molar-refractivity contribution in [3.05, 3.63) is 35.6 Å². The van der Waals surface area contributed by atoms with Crippen LogP contribution >= 0.6 is 24.8 Å². The van der Waals surface area contributed by atoms with Gasteiger partial charge in [-0.15, -0.1) is 24.8 Å². The lowest BCUT2D eigenvalue weighted by atomic mass is 10.0. The number of nitrogens with zero attached hydrogens (tertiary/aromatic N) is 2. The molecule has 0 aromatic heterocycles. The van der Waals surface area contributed by atoms with Crippen molar-refractivity contribution < 1.29 is 9.18 Å². The Bertz CT molecular complexity index is 567. The van der Waals surface area contributed by atoms with Crippen molar-refractivity contribution in [1.82, 2.24) is 15.1 Å². The van der Waals surface area contributed by atoms with E-state index in [-0.39, 0.29) is 48.6 Å². The summed E-state index contributed by atoms with van der Waals surface area (Å²) in [4.78, 5) is 17.4. The van der Waals surface area contributed by atoms with E-state index in [4.69, 9.17) is 0 Å². The van der Waals surface area contributed by atoms with E-state index in [1.165, 1.54) is 31.7 Å². The minimum absolute atomic E-state index is 0. The maximum atomic E-state index is 13.6. The molecule has 0 aliphatic carbocycles. The second kappa shape index (κ2) is 11.1. The number of hydrogen-bond donors (Lipinski definition) is 1. The topological polar surface area (TPSA) is 35.6 Å². The first kappa shape index (κ1) is 23.2. The first-order valence-electron chi connectivity index (χ1n) is 9.17. The lowest BCUT2D eigenvalue weighted by Crippen LogP contribution is -2.54. The molecule has 1 aromatic carbocycles. The molecule has 1 amide bonds. The van der Waals surface area contributed by atoms with Crippen molar-refractivity contribution in [1.29, 1.82) is 0 Å². The van der Waals surface area contributed by atoms with Crippen LogP contribution in [0.2, 0.25) is 0 Å². The molecular formula is C19H30Cl2FN3O. The van der Waals surface area contributed by atoms with Crippen LogP contribution < -0.4 is 5.32 Å². The van der Waals surface area contributed by atoms with Crippen LogP contribution in [0.3, 0.4) is 0 Å². The van der Waals surface area contributed by atoms with Crippen LogP contribution in [-0.4, -0.2) is 54.5 Å². The predicted octanol–water partition coefficient (Wildman–Crippen LogP) is 3.41. The SMILES string of the molecule is CC(C(=O)N1CCNCC1c1cccc(F)c1)N1CCCCCC1.Cl.Cl. The average Bonchev–Trinajstić information content (AvgIpc) is 2.90. The van der Waals surface area contributed by atoms with Crippen LogP contribution in [0.1, 0.15) is 44.2 Å². The van der Waals surface area contributed by atoms with Crippen molar-refractivity contribution >= 4 is 30.7 Å². The minimum atomic E-state index is -0.244. The molecule has 148 valence electrons. The van der Waals surface area contributed by atoms with Crippen molar-refractivity contribution in [2.45, 2.75) is 44.7 Å². The van der Waals surface area contributed by atoms with Gasteiger partial charge in [-0.2, -0.15) is 0 Å². The molecule has 3 rings (SSSR count). The number of piperazine rings is 1. The van der Waals surface area contributed by atoms with E-state index >= 15 is 0 Å². The summed E-state index contributed by atoms with van der Waals surface area (Å²) in [5.41, 5.74) is 0.874. The number of amides is 1. The van der Waals surface area contributed by atoms with Crippen LogP contribution in [0.25, 0.3) is 0 Å². The Labute approximate surface area is 168 Å². The average molecular weight is 406 g/mol. The fraction of sp³-hybridized carbons (Fsp3) is 0.632. The first-order valence-corrected chi connectivity index (χ1v) is 9.17. The molecule has 2 unspecified atom stereocenters. The Morgan fingerprint density at radius 3 is 2.50 bits per heavy atom. The minimum Gasteiger partial charge on any atom is -0.332 e. The molecular weight excluding hydrogens is 376 g/mol. The second-order valence-electron chi connectivity index (χ2n) is 6.93. The molecule has 2 heterocycles. The molecule has 7 heteroatoms. The van der Waals surface area contributed by atoms with Crippen molar-refractivity contribution in [2.75, 3.05) is 32.7 Å². The Hall–Kier alpha value is -0.880. The Kier molecular flexibility index (Phi) is 9.86. The van der Waals surface area contributed by atoms with Crippen LogP contribution in [0.5, 0.6) is 0 Å². The quantitative estimate of drug-likeness (QED) is 0.836.